The lowest BCUT2D eigenvalue weighted by Gasteiger charge is -2.20. The summed E-state index contributed by atoms with van der Waals surface area (Å²) < 4.78 is 0. The summed E-state index contributed by atoms with van der Waals surface area (Å²) in [6.07, 6.45) is 17.1. The number of aliphatic carboxylic acids is 4. The van der Waals surface area contributed by atoms with Gasteiger partial charge in [0, 0.05) is 0 Å². The van der Waals surface area contributed by atoms with Crippen LogP contribution in [0.25, 0.3) is 0 Å². The fraction of sp³-hybridized carbons (Fsp3) is 0.667. The standard InChI is InChI=1S/C22H34O8.C2H7N/c1-2-3-4-5-6-7-8-9-10-11-12-13-14-15-16-17(18(23)24)22(19(25)26,20(27)28)21(29)30;1-3-2/h14-16H,2-13H2,1H3,(H,23,24)(H,25,26)(H,27,28)(H,29,30);3H,1-2H3. The number of allylic oxidation sites excluding steroid dienone is 3. The van der Waals surface area contributed by atoms with Crippen molar-refractivity contribution in [2.45, 2.75) is 84.0 Å². The number of rotatable bonds is 18. The molecule has 0 saturated carbocycles. The normalized spacial score (nSPS) is 11.7. The van der Waals surface area contributed by atoms with Crippen LogP contribution in [0.5, 0.6) is 0 Å². The third-order valence-corrected chi connectivity index (χ3v) is 4.97. The van der Waals surface area contributed by atoms with Crippen LogP contribution in [0.3, 0.4) is 0 Å². The van der Waals surface area contributed by atoms with Crippen LogP contribution in [0, 0.1) is 5.41 Å². The highest BCUT2D eigenvalue weighted by Crippen LogP contribution is 2.30. The Labute approximate surface area is 196 Å². The van der Waals surface area contributed by atoms with Gasteiger partial charge in [0.05, 0.1) is 5.57 Å². The van der Waals surface area contributed by atoms with Crippen LogP contribution >= 0.6 is 0 Å². The average molecular weight is 472 g/mol. The van der Waals surface area contributed by atoms with Crippen molar-refractivity contribution < 1.29 is 39.6 Å². The molecule has 0 aromatic rings. The van der Waals surface area contributed by atoms with Crippen LogP contribution in [0.1, 0.15) is 84.0 Å². The molecule has 0 aromatic carbocycles. The molecule has 190 valence electrons. The van der Waals surface area contributed by atoms with E-state index in [0.29, 0.717) is 6.42 Å². The molecule has 0 saturated heterocycles. The average Bonchev–Trinajstić information content (AvgIpc) is 2.72. The van der Waals surface area contributed by atoms with Crippen LogP contribution < -0.4 is 5.32 Å². The summed E-state index contributed by atoms with van der Waals surface area (Å²) in [5, 5.41) is 39.2. The largest absolute Gasteiger partial charge is 0.480 e. The van der Waals surface area contributed by atoms with E-state index in [2.05, 4.69) is 12.2 Å². The number of carboxylic acids is 4. The minimum absolute atomic E-state index is 0.598. The van der Waals surface area contributed by atoms with Gasteiger partial charge in [-0.15, -0.1) is 0 Å². The van der Waals surface area contributed by atoms with E-state index in [1.807, 2.05) is 14.1 Å². The zero-order valence-corrected chi connectivity index (χ0v) is 20.1. The van der Waals surface area contributed by atoms with Crippen LogP contribution in [-0.4, -0.2) is 58.4 Å². The second-order valence-electron chi connectivity index (χ2n) is 7.80. The molecule has 0 rings (SSSR count). The molecule has 0 amide bonds. The van der Waals surface area contributed by atoms with Gasteiger partial charge < -0.3 is 25.7 Å². The molecule has 0 fully saturated rings. The smallest absolute Gasteiger partial charge is 0.337 e. The molecular formula is C24H41NO8. The summed E-state index contributed by atoms with van der Waals surface area (Å²) in [5.41, 5.74) is -4.79. The number of carbonyl (C=O) groups is 4. The summed E-state index contributed by atoms with van der Waals surface area (Å²) in [5.74, 6) is -8.72. The molecule has 33 heavy (non-hydrogen) atoms. The predicted molar refractivity (Wildman–Crippen MR) is 126 cm³/mol. The Balaban J connectivity index is 0. The van der Waals surface area contributed by atoms with Crippen molar-refractivity contribution in [1.29, 1.82) is 0 Å². The summed E-state index contributed by atoms with van der Waals surface area (Å²) >= 11 is 0. The molecular weight excluding hydrogens is 430 g/mol. The quantitative estimate of drug-likeness (QED) is 0.0847. The lowest BCUT2D eigenvalue weighted by Crippen LogP contribution is -2.49. The van der Waals surface area contributed by atoms with Gasteiger partial charge in [-0.3, -0.25) is 0 Å². The van der Waals surface area contributed by atoms with Gasteiger partial charge >= 0.3 is 23.9 Å². The van der Waals surface area contributed by atoms with Crippen molar-refractivity contribution in [2.24, 2.45) is 5.41 Å². The maximum Gasteiger partial charge on any atom is 0.337 e. The van der Waals surface area contributed by atoms with Gasteiger partial charge in [0.1, 0.15) is 0 Å². The topological polar surface area (TPSA) is 161 Å². The zero-order chi connectivity index (χ0) is 25.7. The Morgan fingerprint density at radius 3 is 1.39 bits per heavy atom. The number of nitrogens with one attached hydrogen (secondary N) is 1. The Bertz CT molecular complexity index is 619. The highest BCUT2D eigenvalue weighted by molar-refractivity contribution is 6.24. The van der Waals surface area contributed by atoms with Crippen LogP contribution in [0.4, 0.5) is 0 Å². The summed E-state index contributed by atoms with van der Waals surface area (Å²) in [6.45, 7) is 2.20. The molecule has 0 bridgehead atoms. The van der Waals surface area contributed by atoms with Crippen molar-refractivity contribution in [1.82, 2.24) is 5.32 Å². The van der Waals surface area contributed by atoms with Gasteiger partial charge in [-0.1, -0.05) is 83.3 Å². The van der Waals surface area contributed by atoms with Crippen LogP contribution in [0.2, 0.25) is 0 Å². The molecule has 0 atom stereocenters. The Kier molecular flexibility index (Phi) is 19.7. The summed E-state index contributed by atoms with van der Waals surface area (Å²) in [4.78, 5) is 45.3. The number of hydrogen-bond acceptors (Lipinski definition) is 5. The molecule has 0 heterocycles. The van der Waals surface area contributed by atoms with Gasteiger partial charge in [0.2, 0.25) is 0 Å². The highest BCUT2D eigenvalue weighted by Gasteiger charge is 2.60. The molecule has 0 aromatic heterocycles. The van der Waals surface area contributed by atoms with Crippen molar-refractivity contribution in [3.8, 4) is 0 Å². The molecule has 0 aliphatic heterocycles. The van der Waals surface area contributed by atoms with E-state index in [1.165, 1.54) is 57.4 Å². The minimum Gasteiger partial charge on any atom is -0.480 e. The van der Waals surface area contributed by atoms with Crippen molar-refractivity contribution in [3.05, 3.63) is 23.8 Å². The maximum absolute atomic E-state index is 11.3. The molecule has 9 nitrogen and oxygen atoms in total. The minimum atomic E-state index is -3.56. The SMILES string of the molecule is CCCCCCCCCCCCCC=CC=C(C(=O)O)C(C(=O)O)(C(=O)O)C(=O)O.CNC. The number of carboxylic acid groups (broad SMARTS) is 4. The molecule has 0 aliphatic rings. The summed E-state index contributed by atoms with van der Waals surface area (Å²) in [6, 6.07) is 0. The Hall–Kier alpha value is -2.68. The molecule has 0 unspecified atom stereocenters. The number of unbranched alkanes of at least 4 members (excludes halogenated alkanes) is 11. The number of hydrogen-bond donors (Lipinski definition) is 5. The van der Waals surface area contributed by atoms with Gasteiger partial charge in [0.25, 0.3) is 5.41 Å². The van der Waals surface area contributed by atoms with Gasteiger partial charge in [0.15, 0.2) is 0 Å². The third kappa shape index (κ3) is 12.8. The van der Waals surface area contributed by atoms with E-state index >= 15 is 0 Å². The molecule has 0 aliphatic carbocycles. The first kappa shape index (κ1) is 32.5. The monoisotopic (exact) mass is 471 g/mol. The first-order valence-electron chi connectivity index (χ1n) is 11.5. The van der Waals surface area contributed by atoms with Crippen molar-refractivity contribution in [3.63, 3.8) is 0 Å². The first-order chi connectivity index (χ1) is 15.6. The van der Waals surface area contributed by atoms with Crippen molar-refractivity contribution in [2.75, 3.05) is 14.1 Å². The van der Waals surface area contributed by atoms with Crippen molar-refractivity contribution >= 4 is 23.9 Å². The van der Waals surface area contributed by atoms with Gasteiger partial charge in [-0.25, -0.2) is 19.2 Å². The second-order valence-corrected chi connectivity index (χ2v) is 7.80. The first-order valence-corrected chi connectivity index (χ1v) is 11.5. The van der Waals surface area contributed by atoms with E-state index in [-0.39, 0.29) is 0 Å². The predicted octanol–water partition coefficient (Wildman–Crippen LogP) is 4.33. The maximum atomic E-state index is 11.3. The lowest BCUT2D eigenvalue weighted by molar-refractivity contribution is -0.174. The Morgan fingerprint density at radius 2 is 1.06 bits per heavy atom. The molecule has 0 radical (unpaired) electrons. The molecule has 0 spiro atoms. The van der Waals surface area contributed by atoms with E-state index < -0.39 is 34.9 Å². The third-order valence-electron chi connectivity index (χ3n) is 4.97. The van der Waals surface area contributed by atoms with Crippen LogP contribution in [-0.2, 0) is 19.2 Å². The lowest BCUT2D eigenvalue weighted by atomic mass is 9.79. The molecule has 5 N–H and O–H groups in total. The van der Waals surface area contributed by atoms with E-state index in [9.17, 15) is 19.2 Å². The fourth-order valence-corrected chi connectivity index (χ4v) is 3.16. The second kappa shape index (κ2) is 20.0. The fourth-order valence-electron chi connectivity index (χ4n) is 3.16. The van der Waals surface area contributed by atoms with E-state index in [0.717, 1.165) is 25.3 Å². The molecule has 9 heteroatoms. The van der Waals surface area contributed by atoms with E-state index in [4.69, 9.17) is 20.4 Å². The van der Waals surface area contributed by atoms with E-state index in [1.54, 1.807) is 6.08 Å². The van der Waals surface area contributed by atoms with Gasteiger partial charge in [-0.05, 0) is 33.0 Å². The Morgan fingerprint density at radius 1 is 0.697 bits per heavy atom. The van der Waals surface area contributed by atoms with Gasteiger partial charge in [-0.2, -0.15) is 0 Å². The summed E-state index contributed by atoms with van der Waals surface area (Å²) in [7, 11) is 3.75. The van der Waals surface area contributed by atoms with Crippen LogP contribution in [0.15, 0.2) is 23.8 Å². The highest BCUT2D eigenvalue weighted by atomic mass is 16.4. The zero-order valence-electron chi connectivity index (χ0n) is 20.1.